The monoisotopic (exact) mass is 476 g/mol. The normalized spacial score (nSPS) is 14.3. The van der Waals surface area contributed by atoms with Crippen molar-refractivity contribution in [2.24, 2.45) is 5.92 Å². The molecule has 0 spiro atoms. The van der Waals surface area contributed by atoms with Gasteiger partial charge in [-0.15, -0.1) is 0 Å². The number of hydrogen-bond donors (Lipinski definition) is 1. The molecular weight excluding hydrogens is 461 g/mol. The fraction of sp³-hybridized carbons (Fsp3) is 0.467. The quantitative estimate of drug-likeness (QED) is 0.365. The first kappa shape index (κ1) is 23.4. The van der Waals surface area contributed by atoms with E-state index in [-0.39, 0.29) is 10.2 Å². The van der Waals surface area contributed by atoms with Crippen LogP contribution >= 0.6 is 15.9 Å². The van der Waals surface area contributed by atoms with Crippen LogP contribution in [0.2, 0.25) is 0 Å². The van der Waals surface area contributed by atoms with Crippen LogP contribution in [0.4, 0.5) is 13.2 Å². The molecule has 0 saturated carbocycles. The van der Waals surface area contributed by atoms with Gasteiger partial charge in [-0.1, -0.05) is 13.8 Å². The van der Waals surface area contributed by atoms with E-state index < -0.39 is 51.6 Å². The van der Waals surface area contributed by atoms with Gasteiger partial charge in [-0.25, -0.2) is 4.79 Å². The first-order valence-electron chi connectivity index (χ1n) is 7.48. The summed E-state index contributed by atoms with van der Waals surface area (Å²) >= 11 is 3.08. The Balaban J connectivity index is 3.06. The maximum atomic E-state index is 12.8. The molecule has 0 aliphatic rings. The fourth-order valence-electron chi connectivity index (χ4n) is 1.67. The average Bonchev–Trinajstić information content (AvgIpc) is 2.53. The van der Waals surface area contributed by atoms with Crippen molar-refractivity contribution in [3.05, 3.63) is 28.2 Å². The molecule has 1 aromatic carbocycles. The first-order valence-corrected chi connectivity index (χ1v) is 9.89. The number of esters is 2. The van der Waals surface area contributed by atoms with Gasteiger partial charge >= 0.3 is 18.1 Å². The highest BCUT2D eigenvalue weighted by atomic mass is 79.9. The van der Waals surface area contributed by atoms with Crippen molar-refractivity contribution in [3.8, 4) is 5.75 Å². The number of benzene rings is 1. The van der Waals surface area contributed by atoms with Gasteiger partial charge in [-0.3, -0.25) is 9.35 Å². The minimum Gasteiger partial charge on any atom is -0.448 e. The molecule has 2 unspecified atom stereocenters. The van der Waals surface area contributed by atoms with Crippen molar-refractivity contribution in [1.29, 1.82) is 0 Å². The van der Waals surface area contributed by atoms with Gasteiger partial charge in [0, 0.05) is 0 Å². The summed E-state index contributed by atoms with van der Waals surface area (Å²) in [5.74, 6) is -4.52. The van der Waals surface area contributed by atoms with Gasteiger partial charge in [-0.2, -0.15) is 21.6 Å². The van der Waals surface area contributed by atoms with E-state index in [1.54, 1.807) is 13.8 Å². The number of carbonyl (C=O) groups is 2. The van der Waals surface area contributed by atoms with Crippen LogP contribution in [0.25, 0.3) is 0 Å². The number of rotatable bonds is 7. The van der Waals surface area contributed by atoms with Crippen LogP contribution in [0, 0.1) is 5.92 Å². The highest BCUT2D eigenvalue weighted by Gasteiger charge is 2.45. The summed E-state index contributed by atoms with van der Waals surface area (Å²) in [6.07, 6.45) is -7.79. The topological polar surface area (TPSA) is 107 Å². The molecule has 1 rings (SSSR count). The van der Waals surface area contributed by atoms with Crippen LogP contribution in [0.3, 0.4) is 0 Å². The zero-order valence-electron chi connectivity index (χ0n) is 14.1. The standard InChI is InChI=1S/C15H16BrF3O7S/c1-3-8(2)13(20)25-11-6-9(4-5-10(11)16)14(21)26-12(15(17,18)19)7-27(22,23)24/h4-6,8,12H,3,7H2,1-2H3,(H,22,23,24). The lowest BCUT2D eigenvalue weighted by Crippen LogP contribution is -2.39. The lowest BCUT2D eigenvalue weighted by atomic mass is 10.1. The third kappa shape index (κ3) is 7.46. The Morgan fingerprint density at radius 2 is 1.89 bits per heavy atom. The Kier molecular flexibility index (Phi) is 7.81. The molecule has 0 saturated heterocycles. The number of carbonyl (C=O) groups excluding carboxylic acids is 2. The Bertz CT molecular complexity index is 808. The second-order valence-electron chi connectivity index (χ2n) is 5.56. The molecule has 0 aromatic heterocycles. The van der Waals surface area contributed by atoms with Gasteiger partial charge in [0.1, 0.15) is 11.5 Å². The summed E-state index contributed by atoms with van der Waals surface area (Å²) in [5, 5.41) is 0. The number of alkyl halides is 3. The van der Waals surface area contributed by atoms with Crippen molar-refractivity contribution in [3.63, 3.8) is 0 Å². The Morgan fingerprint density at radius 3 is 2.37 bits per heavy atom. The van der Waals surface area contributed by atoms with E-state index in [4.69, 9.17) is 9.29 Å². The predicted octanol–water partition coefficient (Wildman–Crippen LogP) is 3.38. The predicted molar refractivity (Wildman–Crippen MR) is 90.9 cm³/mol. The molecule has 0 amide bonds. The Morgan fingerprint density at radius 1 is 1.30 bits per heavy atom. The Hall–Kier alpha value is -1.66. The van der Waals surface area contributed by atoms with Crippen molar-refractivity contribution in [2.45, 2.75) is 32.5 Å². The molecule has 0 aliphatic carbocycles. The van der Waals surface area contributed by atoms with Crippen LogP contribution in [0.5, 0.6) is 5.75 Å². The maximum Gasteiger partial charge on any atom is 0.426 e. The second-order valence-corrected chi connectivity index (χ2v) is 7.91. The Labute approximate surface area is 161 Å². The molecule has 27 heavy (non-hydrogen) atoms. The summed E-state index contributed by atoms with van der Waals surface area (Å²) in [5.41, 5.74) is -0.408. The van der Waals surface area contributed by atoms with E-state index in [0.29, 0.717) is 6.42 Å². The van der Waals surface area contributed by atoms with E-state index in [9.17, 15) is 31.2 Å². The molecule has 7 nitrogen and oxygen atoms in total. The van der Waals surface area contributed by atoms with Crippen molar-refractivity contribution >= 4 is 38.0 Å². The molecule has 0 bridgehead atoms. The van der Waals surface area contributed by atoms with Gasteiger partial charge in [0.15, 0.2) is 0 Å². The third-order valence-corrected chi connectivity index (χ3v) is 4.75. The smallest absolute Gasteiger partial charge is 0.426 e. The largest absolute Gasteiger partial charge is 0.448 e. The molecule has 1 aromatic rings. The second kappa shape index (κ2) is 9.02. The van der Waals surface area contributed by atoms with Gasteiger partial charge in [0.05, 0.1) is 16.0 Å². The van der Waals surface area contributed by atoms with Gasteiger partial charge in [0.25, 0.3) is 10.1 Å². The van der Waals surface area contributed by atoms with E-state index >= 15 is 0 Å². The summed E-state index contributed by atoms with van der Waals surface area (Å²) in [6.45, 7) is 3.36. The van der Waals surface area contributed by atoms with Gasteiger partial charge < -0.3 is 9.47 Å². The van der Waals surface area contributed by atoms with E-state index in [1.165, 1.54) is 6.07 Å². The van der Waals surface area contributed by atoms with E-state index in [1.807, 2.05) is 0 Å². The van der Waals surface area contributed by atoms with Crippen molar-refractivity contribution < 1.29 is 45.2 Å². The lowest BCUT2D eigenvalue weighted by molar-refractivity contribution is -0.197. The minimum atomic E-state index is -5.22. The highest BCUT2D eigenvalue weighted by Crippen LogP contribution is 2.29. The van der Waals surface area contributed by atoms with Crippen LogP contribution in [-0.2, 0) is 19.6 Å². The number of ether oxygens (including phenoxy) is 2. The average molecular weight is 477 g/mol. The van der Waals surface area contributed by atoms with Crippen LogP contribution in [0.1, 0.15) is 30.6 Å². The molecule has 0 heterocycles. The van der Waals surface area contributed by atoms with Crippen LogP contribution in [-0.4, -0.2) is 42.9 Å². The zero-order valence-corrected chi connectivity index (χ0v) is 16.5. The van der Waals surface area contributed by atoms with Crippen molar-refractivity contribution in [2.75, 3.05) is 5.75 Å². The van der Waals surface area contributed by atoms with E-state index in [2.05, 4.69) is 20.7 Å². The first-order chi connectivity index (χ1) is 12.2. The fourth-order valence-corrected chi connectivity index (χ4v) is 2.64. The summed E-state index contributed by atoms with van der Waals surface area (Å²) in [7, 11) is -5.05. The molecule has 0 aliphatic heterocycles. The molecule has 2 atom stereocenters. The molecular formula is C15H16BrF3O7S. The van der Waals surface area contributed by atoms with Gasteiger partial charge in [0.2, 0.25) is 6.10 Å². The maximum absolute atomic E-state index is 12.8. The molecule has 1 N–H and O–H groups in total. The minimum absolute atomic E-state index is 0.118. The number of hydrogen-bond acceptors (Lipinski definition) is 6. The van der Waals surface area contributed by atoms with Crippen LogP contribution < -0.4 is 4.74 Å². The molecule has 12 heteroatoms. The third-order valence-electron chi connectivity index (χ3n) is 3.37. The zero-order chi connectivity index (χ0) is 21.0. The van der Waals surface area contributed by atoms with Crippen LogP contribution in [0.15, 0.2) is 22.7 Å². The lowest BCUT2D eigenvalue weighted by Gasteiger charge is -2.19. The summed E-state index contributed by atoms with van der Waals surface area (Å²) in [6, 6.07) is 3.32. The molecule has 152 valence electrons. The SMILES string of the molecule is CCC(C)C(=O)Oc1cc(C(=O)OC(CS(=O)(=O)O)C(F)(F)F)ccc1Br. The molecule has 0 radical (unpaired) electrons. The highest BCUT2D eigenvalue weighted by molar-refractivity contribution is 9.10. The summed E-state index contributed by atoms with van der Waals surface area (Å²) in [4.78, 5) is 23.8. The number of halogens is 4. The van der Waals surface area contributed by atoms with Crippen molar-refractivity contribution in [1.82, 2.24) is 0 Å². The summed E-state index contributed by atoms with van der Waals surface area (Å²) < 4.78 is 78.1. The van der Waals surface area contributed by atoms with E-state index in [0.717, 1.165) is 12.1 Å². The van der Waals surface area contributed by atoms with Gasteiger partial charge in [-0.05, 0) is 40.5 Å². The molecule has 0 fully saturated rings.